The zero-order chi connectivity index (χ0) is 16.4. The van der Waals surface area contributed by atoms with Crippen LogP contribution in [0.3, 0.4) is 0 Å². The predicted molar refractivity (Wildman–Crippen MR) is 103 cm³/mol. The normalized spacial score (nSPS) is 22.7. The zero-order valence-corrected chi connectivity index (χ0v) is 15.2. The Morgan fingerprint density at radius 3 is 2.44 bits per heavy atom. The Labute approximate surface area is 155 Å². The van der Waals surface area contributed by atoms with Gasteiger partial charge in [0, 0.05) is 19.5 Å². The summed E-state index contributed by atoms with van der Waals surface area (Å²) in [6.45, 7) is 2.29. The molecule has 0 bridgehead atoms. The summed E-state index contributed by atoms with van der Waals surface area (Å²) < 4.78 is 5.95. The van der Waals surface area contributed by atoms with Gasteiger partial charge >= 0.3 is 0 Å². The summed E-state index contributed by atoms with van der Waals surface area (Å²) >= 11 is 0. The number of benzene rings is 2. The van der Waals surface area contributed by atoms with Gasteiger partial charge in [0.1, 0.15) is 0 Å². The molecule has 0 spiro atoms. The molecule has 4 rings (SSSR count). The quantitative estimate of drug-likeness (QED) is 0.859. The summed E-state index contributed by atoms with van der Waals surface area (Å²) in [5.41, 5.74) is 2.83. The van der Waals surface area contributed by atoms with Crippen molar-refractivity contribution in [2.45, 2.75) is 31.0 Å². The first-order chi connectivity index (χ1) is 11.8. The standard InChI is InChI=1S/C21H25NO2.ClH/c23-21(18-10-11-18,20-15-22-12-13-24-20)14-17-8-4-5-9-19(17)16-6-2-1-3-7-16;/h1-9,18,20,22-23H,10-15H2;1H. The van der Waals surface area contributed by atoms with Crippen molar-refractivity contribution in [3.05, 3.63) is 60.2 Å². The van der Waals surface area contributed by atoms with Crippen molar-refractivity contribution >= 4 is 12.4 Å². The molecule has 4 heteroatoms. The molecular weight excluding hydrogens is 334 g/mol. The van der Waals surface area contributed by atoms with E-state index in [1.165, 1.54) is 16.7 Å². The minimum absolute atomic E-state index is 0. The van der Waals surface area contributed by atoms with Gasteiger partial charge in [0.05, 0.1) is 18.3 Å². The molecule has 1 heterocycles. The van der Waals surface area contributed by atoms with Gasteiger partial charge in [-0.1, -0.05) is 54.6 Å². The highest BCUT2D eigenvalue weighted by atomic mass is 35.5. The summed E-state index contributed by atoms with van der Waals surface area (Å²) in [4.78, 5) is 0. The molecule has 2 atom stereocenters. The number of hydrogen-bond donors (Lipinski definition) is 2. The number of aliphatic hydroxyl groups is 1. The fourth-order valence-corrected chi connectivity index (χ4v) is 3.87. The molecule has 0 radical (unpaired) electrons. The second-order valence-corrected chi connectivity index (χ2v) is 7.03. The van der Waals surface area contributed by atoms with Gasteiger partial charge in [-0.05, 0) is 35.4 Å². The fourth-order valence-electron chi connectivity index (χ4n) is 3.87. The molecule has 1 aliphatic heterocycles. The number of halogens is 1. The van der Waals surface area contributed by atoms with Crippen LogP contribution in [-0.4, -0.2) is 36.5 Å². The first kappa shape index (κ1) is 18.4. The molecule has 2 aromatic carbocycles. The van der Waals surface area contributed by atoms with Crippen LogP contribution in [0.15, 0.2) is 54.6 Å². The van der Waals surface area contributed by atoms with E-state index in [0.29, 0.717) is 18.9 Å². The lowest BCUT2D eigenvalue weighted by atomic mass is 9.81. The molecule has 0 amide bonds. The van der Waals surface area contributed by atoms with Crippen LogP contribution in [0.5, 0.6) is 0 Å². The zero-order valence-electron chi connectivity index (χ0n) is 14.4. The van der Waals surface area contributed by atoms with Gasteiger partial charge in [-0.15, -0.1) is 12.4 Å². The lowest BCUT2D eigenvalue weighted by Gasteiger charge is -2.39. The number of hydrogen-bond acceptors (Lipinski definition) is 3. The first-order valence-electron chi connectivity index (χ1n) is 8.95. The van der Waals surface area contributed by atoms with E-state index in [-0.39, 0.29) is 18.5 Å². The lowest BCUT2D eigenvalue weighted by Crippen LogP contribution is -2.55. The summed E-state index contributed by atoms with van der Waals surface area (Å²) in [6, 6.07) is 18.9. The molecule has 3 nitrogen and oxygen atoms in total. The molecule has 134 valence electrons. The third-order valence-corrected chi connectivity index (χ3v) is 5.35. The van der Waals surface area contributed by atoms with Gasteiger partial charge < -0.3 is 15.2 Å². The van der Waals surface area contributed by atoms with Gasteiger partial charge in [-0.2, -0.15) is 0 Å². The van der Waals surface area contributed by atoms with Crippen LogP contribution in [-0.2, 0) is 11.2 Å². The summed E-state index contributed by atoms with van der Waals surface area (Å²) in [5, 5.41) is 14.9. The van der Waals surface area contributed by atoms with E-state index in [2.05, 4.69) is 53.8 Å². The van der Waals surface area contributed by atoms with Crippen molar-refractivity contribution < 1.29 is 9.84 Å². The van der Waals surface area contributed by atoms with Crippen LogP contribution in [0.1, 0.15) is 18.4 Å². The maximum atomic E-state index is 11.5. The summed E-state index contributed by atoms with van der Waals surface area (Å²) in [5.74, 6) is 0.353. The minimum atomic E-state index is -0.779. The number of ether oxygens (including phenoxy) is 1. The number of nitrogens with one attached hydrogen (secondary N) is 1. The second-order valence-electron chi connectivity index (χ2n) is 7.03. The van der Waals surface area contributed by atoms with Crippen molar-refractivity contribution in [1.29, 1.82) is 0 Å². The van der Waals surface area contributed by atoms with Crippen LogP contribution in [0, 0.1) is 5.92 Å². The Morgan fingerprint density at radius 1 is 1.04 bits per heavy atom. The van der Waals surface area contributed by atoms with E-state index in [0.717, 1.165) is 25.9 Å². The average molecular weight is 360 g/mol. The smallest absolute Gasteiger partial charge is 0.0992 e. The molecule has 1 aliphatic carbocycles. The van der Waals surface area contributed by atoms with Crippen molar-refractivity contribution in [2.75, 3.05) is 19.7 Å². The van der Waals surface area contributed by atoms with Gasteiger partial charge in [0.2, 0.25) is 0 Å². The Morgan fingerprint density at radius 2 is 1.76 bits per heavy atom. The molecule has 1 saturated heterocycles. The highest BCUT2D eigenvalue weighted by Gasteiger charge is 2.50. The largest absolute Gasteiger partial charge is 0.386 e. The van der Waals surface area contributed by atoms with E-state index in [1.54, 1.807) is 0 Å². The molecule has 1 saturated carbocycles. The molecule has 2 aromatic rings. The average Bonchev–Trinajstić information content (AvgIpc) is 3.49. The van der Waals surface area contributed by atoms with Gasteiger partial charge in [-0.3, -0.25) is 0 Å². The SMILES string of the molecule is Cl.OC(Cc1ccccc1-c1ccccc1)(C1CC1)C1CNCCO1. The Kier molecular flexibility index (Phi) is 5.80. The molecule has 0 aromatic heterocycles. The molecule has 2 unspecified atom stereocenters. The topological polar surface area (TPSA) is 41.5 Å². The van der Waals surface area contributed by atoms with Crippen LogP contribution >= 0.6 is 12.4 Å². The highest BCUT2D eigenvalue weighted by Crippen LogP contribution is 2.45. The number of rotatable bonds is 5. The Hall–Kier alpha value is -1.39. The van der Waals surface area contributed by atoms with Crippen LogP contribution < -0.4 is 5.32 Å². The predicted octanol–water partition coefficient (Wildman–Crippen LogP) is 3.45. The fraction of sp³-hybridized carbons (Fsp3) is 0.429. The third-order valence-electron chi connectivity index (χ3n) is 5.35. The molecule has 25 heavy (non-hydrogen) atoms. The van der Waals surface area contributed by atoms with Gasteiger partial charge in [-0.25, -0.2) is 0 Å². The minimum Gasteiger partial charge on any atom is -0.386 e. The lowest BCUT2D eigenvalue weighted by molar-refractivity contribution is -0.130. The molecule has 2 fully saturated rings. The van der Waals surface area contributed by atoms with E-state index >= 15 is 0 Å². The second kappa shape index (κ2) is 7.88. The van der Waals surface area contributed by atoms with E-state index < -0.39 is 5.60 Å². The van der Waals surface area contributed by atoms with Gasteiger partial charge in [0.15, 0.2) is 0 Å². The first-order valence-corrected chi connectivity index (χ1v) is 8.95. The summed E-state index contributed by atoms with van der Waals surface area (Å²) in [7, 11) is 0. The van der Waals surface area contributed by atoms with Crippen molar-refractivity contribution in [2.24, 2.45) is 5.92 Å². The maximum absolute atomic E-state index is 11.5. The van der Waals surface area contributed by atoms with Crippen LogP contribution in [0.2, 0.25) is 0 Å². The van der Waals surface area contributed by atoms with Crippen LogP contribution in [0.4, 0.5) is 0 Å². The van der Waals surface area contributed by atoms with Crippen molar-refractivity contribution in [3.63, 3.8) is 0 Å². The van der Waals surface area contributed by atoms with Gasteiger partial charge in [0.25, 0.3) is 0 Å². The van der Waals surface area contributed by atoms with E-state index in [9.17, 15) is 5.11 Å². The number of morpholine rings is 1. The van der Waals surface area contributed by atoms with Crippen LogP contribution in [0.25, 0.3) is 11.1 Å². The molecule has 2 aliphatic rings. The van der Waals surface area contributed by atoms with Crippen molar-refractivity contribution in [3.8, 4) is 11.1 Å². The molecular formula is C21H26ClNO2. The van der Waals surface area contributed by atoms with Crippen molar-refractivity contribution in [1.82, 2.24) is 5.32 Å². The van der Waals surface area contributed by atoms with E-state index in [4.69, 9.17) is 4.74 Å². The maximum Gasteiger partial charge on any atom is 0.0992 e. The Bertz CT molecular complexity index is 683. The monoisotopic (exact) mass is 359 g/mol. The van der Waals surface area contributed by atoms with E-state index in [1.807, 2.05) is 6.07 Å². The summed E-state index contributed by atoms with van der Waals surface area (Å²) in [6.07, 6.45) is 2.73. The highest BCUT2D eigenvalue weighted by molar-refractivity contribution is 5.85. The Balaban J connectivity index is 0.00000182. The molecule has 2 N–H and O–H groups in total. The third kappa shape index (κ3) is 3.90.